The van der Waals surface area contributed by atoms with Gasteiger partial charge in [0.2, 0.25) is 0 Å². The van der Waals surface area contributed by atoms with Crippen molar-refractivity contribution in [2.75, 3.05) is 0 Å². The minimum absolute atomic E-state index is 0.141. The number of hydrogen-bond donors (Lipinski definition) is 0. The SMILES string of the molecule is O=C1C=CC2(C=C1Cl)CCC(=O)C21CC1. The molecule has 3 aliphatic carbocycles. The number of halogens is 1. The Bertz CT molecular complexity index is 429. The fourth-order valence-corrected chi connectivity index (χ4v) is 3.29. The van der Waals surface area contributed by atoms with Crippen LogP contribution in [0.5, 0.6) is 0 Å². The molecule has 3 heteroatoms. The van der Waals surface area contributed by atoms with E-state index in [1.54, 1.807) is 0 Å². The van der Waals surface area contributed by atoms with Crippen molar-refractivity contribution >= 4 is 23.2 Å². The molecule has 2 fully saturated rings. The molecule has 2 nitrogen and oxygen atoms in total. The molecule has 2 spiro atoms. The number of Topliss-reactive ketones (excluding diaryl/α,β-unsaturated/α-hetero) is 1. The van der Waals surface area contributed by atoms with Gasteiger partial charge < -0.3 is 0 Å². The van der Waals surface area contributed by atoms with Crippen LogP contribution >= 0.6 is 11.6 Å². The molecule has 0 aromatic heterocycles. The van der Waals surface area contributed by atoms with Crippen LogP contribution < -0.4 is 0 Å². The Morgan fingerprint density at radius 2 is 1.93 bits per heavy atom. The van der Waals surface area contributed by atoms with E-state index in [0.29, 0.717) is 12.2 Å². The van der Waals surface area contributed by atoms with E-state index < -0.39 is 0 Å². The van der Waals surface area contributed by atoms with Crippen molar-refractivity contribution in [2.24, 2.45) is 10.8 Å². The zero-order valence-electron chi connectivity index (χ0n) is 8.25. The van der Waals surface area contributed by atoms with Crippen LogP contribution in [0.2, 0.25) is 0 Å². The van der Waals surface area contributed by atoms with E-state index >= 15 is 0 Å². The van der Waals surface area contributed by atoms with Gasteiger partial charge in [0, 0.05) is 17.3 Å². The lowest BCUT2D eigenvalue weighted by atomic mass is 9.72. The molecule has 0 N–H and O–H groups in total. The topological polar surface area (TPSA) is 34.1 Å². The second-order valence-corrected chi connectivity index (χ2v) is 5.14. The van der Waals surface area contributed by atoms with Crippen molar-refractivity contribution in [3.63, 3.8) is 0 Å². The highest BCUT2D eigenvalue weighted by Crippen LogP contribution is 2.68. The van der Waals surface area contributed by atoms with Crippen LogP contribution in [0.4, 0.5) is 0 Å². The number of allylic oxidation sites excluding steroid dienone is 4. The Morgan fingerprint density at radius 3 is 2.53 bits per heavy atom. The molecule has 3 aliphatic rings. The number of rotatable bonds is 0. The van der Waals surface area contributed by atoms with E-state index in [4.69, 9.17) is 11.6 Å². The van der Waals surface area contributed by atoms with E-state index in [0.717, 1.165) is 19.3 Å². The summed E-state index contributed by atoms with van der Waals surface area (Å²) in [5.41, 5.74) is -0.445. The first-order valence-corrected chi connectivity index (χ1v) is 5.63. The zero-order valence-corrected chi connectivity index (χ0v) is 9.01. The Kier molecular flexibility index (Phi) is 1.63. The smallest absolute Gasteiger partial charge is 0.196 e. The van der Waals surface area contributed by atoms with Gasteiger partial charge in [0.05, 0.1) is 5.03 Å². The normalized spacial score (nSPS) is 36.5. The molecule has 0 aliphatic heterocycles. The summed E-state index contributed by atoms with van der Waals surface area (Å²) in [5, 5.41) is 0.276. The molecular weight excluding hydrogens is 212 g/mol. The molecule has 2 saturated carbocycles. The third-order valence-electron chi connectivity index (χ3n) is 4.09. The second-order valence-electron chi connectivity index (χ2n) is 4.74. The van der Waals surface area contributed by atoms with Crippen LogP contribution in [-0.4, -0.2) is 11.6 Å². The van der Waals surface area contributed by atoms with Crippen molar-refractivity contribution in [3.8, 4) is 0 Å². The van der Waals surface area contributed by atoms with Gasteiger partial charge in [0.1, 0.15) is 5.78 Å². The van der Waals surface area contributed by atoms with E-state index in [1.807, 2.05) is 12.2 Å². The molecule has 0 saturated heterocycles. The molecule has 1 unspecified atom stereocenters. The first kappa shape index (κ1) is 9.34. The van der Waals surface area contributed by atoms with Crippen LogP contribution in [0, 0.1) is 10.8 Å². The van der Waals surface area contributed by atoms with Gasteiger partial charge in [-0.2, -0.15) is 0 Å². The average molecular weight is 223 g/mol. The summed E-state index contributed by atoms with van der Waals surface area (Å²) in [7, 11) is 0. The molecule has 3 rings (SSSR count). The second kappa shape index (κ2) is 2.62. The minimum atomic E-state index is -0.241. The molecule has 78 valence electrons. The molecule has 0 aromatic rings. The van der Waals surface area contributed by atoms with Gasteiger partial charge in [-0.3, -0.25) is 9.59 Å². The Labute approximate surface area is 93.0 Å². The quantitative estimate of drug-likeness (QED) is 0.631. The number of carbonyl (C=O) groups excluding carboxylic acids is 2. The summed E-state index contributed by atoms with van der Waals surface area (Å²) < 4.78 is 0. The lowest BCUT2D eigenvalue weighted by Crippen LogP contribution is -2.29. The van der Waals surface area contributed by atoms with Gasteiger partial charge in [-0.25, -0.2) is 0 Å². The van der Waals surface area contributed by atoms with E-state index in [1.165, 1.54) is 6.08 Å². The molecule has 0 aromatic carbocycles. The van der Waals surface area contributed by atoms with Gasteiger partial charge in [0.25, 0.3) is 0 Å². The third kappa shape index (κ3) is 1.01. The van der Waals surface area contributed by atoms with Crippen LogP contribution in [0.3, 0.4) is 0 Å². The highest BCUT2D eigenvalue weighted by atomic mass is 35.5. The molecule has 1 atom stereocenters. The number of carbonyl (C=O) groups is 2. The fraction of sp³-hybridized carbons (Fsp3) is 0.500. The predicted molar refractivity (Wildman–Crippen MR) is 56.4 cm³/mol. The standard InChI is InChI=1S/C12H11ClO2/c13-8-7-11(3-1-9(8)14)4-2-10(15)12(11)5-6-12/h1,3,7H,2,4-6H2. The van der Waals surface area contributed by atoms with Crippen molar-refractivity contribution in [1.29, 1.82) is 0 Å². The maximum atomic E-state index is 11.8. The summed E-state index contributed by atoms with van der Waals surface area (Å²) in [4.78, 5) is 23.1. The molecule has 0 radical (unpaired) electrons. The lowest BCUT2D eigenvalue weighted by Gasteiger charge is -2.30. The summed E-state index contributed by atoms with van der Waals surface area (Å²) in [5.74, 6) is 0.208. The molecule has 0 heterocycles. The van der Waals surface area contributed by atoms with Crippen molar-refractivity contribution in [3.05, 3.63) is 23.3 Å². The van der Waals surface area contributed by atoms with Gasteiger partial charge in [-0.1, -0.05) is 23.8 Å². The van der Waals surface area contributed by atoms with Crippen molar-refractivity contribution < 1.29 is 9.59 Å². The fourth-order valence-electron chi connectivity index (χ4n) is 3.03. The summed E-state index contributed by atoms with van der Waals surface area (Å²) in [6.07, 6.45) is 8.58. The monoisotopic (exact) mass is 222 g/mol. The lowest BCUT2D eigenvalue weighted by molar-refractivity contribution is -0.123. The van der Waals surface area contributed by atoms with Gasteiger partial charge >= 0.3 is 0 Å². The number of ketones is 2. The number of fused-ring (bicyclic) bond motifs is 1. The van der Waals surface area contributed by atoms with Gasteiger partial charge in [-0.15, -0.1) is 0 Å². The Morgan fingerprint density at radius 1 is 1.20 bits per heavy atom. The van der Waals surface area contributed by atoms with Crippen molar-refractivity contribution in [2.45, 2.75) is 25.7 Å². The largest absolute Gasteiger partial charge is 0.299 e. The van der Waals surface area contributed by atoms with E-state index in [2.05, 4.69) is 0 Å². The van der Waals surface area contributed by atoms with E-state index in [9.17, 15) is 9.59 Å². The van der Waals surface area contributed by atoms with Gasteiger partial charge in [0.15, 0.2) is 5.78 Å². The summed E-state index contributed by atoms with van der Waals surface area (Å²) in [6.45, 7) is 0. The van der Waals surface area contributed by atoms with Crippen LogP contribution in [0.15, 0.2) is 23.3 Å². The molecular formula is C12H11ClO2. The molecule has 15 heavy (non-hydrogen) atoms. The zero-order chi connectivity index (χ0) is 10.7. The Balaban J connectivity index is 2.10. The first-order chi connectivity index (χ1) is 7.10. The van der Waals surface area contributed by atoms with Crippen LogP contribution in [-0.2, 0) is 9.59 Å². The maximum Gasteiger partial charge on any atom is 0.196 e. The third-order valence-corrected chi connectivity index (χ3v) is 4.39. The van der Waals surface area contributed by atoms with Gasteiger partial charge in [-0.05, 0) is 25.3 Å². The number of hydrogen-bond acceptors (Lipinski definition) is 2. The molecule has 0 amide bonds. The summed E-state index contributed by atoms with van der Waals surface area (Å²) in [6, 6.07) is 0. The minimum Gasteiger partial charge on any atom is -0.299 e. The average Bonchev–Trinajstić information content (AvgIpc) is 2.96. The van der Waals surface area contributed by atoms with E-state index in [-0.39, 0.29) is 21.6 Å². The van der Waals surface area contributed by atoms with Crippen LogP contribution in [0.25, 0.3) is 0 Å². The predicted octanol–water partition coefficient (Wildman–Crippen LogP) is 2.38. The first-order valence-electron chi connectivity index (χ1n) is 5.25. The highest BCUT2D eigenvalue weighted by Gasteiger charge is 2.65. The highest BCUT2D eigenvalue weighted by molar-refractivity contribution is 6.44. The summed E-state index contributed by atoms with van der Waals surface area (Å²) >= 11 is 5.89. The maximum absolute atomic E-state index is 11.8. The van der Waals surface area contributed by atoms with Crippen LogP contribution in [0.1, 0.15) is 25.7 Å². The Hall–Kier alpha value is -0.890. The molecule has 0 bridgehead atoms. The van der Waals surface area contributed by atoms with Crippen molar-refractivity contribution in [1.82, 2.24) is 0 Å².